The molecule has 154 valence electrons. The van der Waals surface area contributed by atoms with E-state index in [1.807, 2.05) is 0 Å². The van der Waals surface area contributed by atoms with Crippen molar-refractivity contribution < 1.29 is 0 Å². The van der Waals surface area contributed by atoms with E-state index in [0.717, 1.165) is 52.1 Å². The Morgan fingerprint density at radius 2 is 1.81 bits per heavy atom. The lowest BCUT2D eigenvalue weighted by Gasteiger charge is -2.11. The second-order valence-corrected chi connectivity index (χ2v) is 9.54. The summed E-state index contributed by atoms with van der Waals surface area (Å²) in [7, 11) is 0. The van der Waals surface area contributed by atoms with Gasteiger partial charge in [0.2, 0.25) is 0 Å². The SMILES string of the molecule is Cc1cc(-c2nc3sc4c(c3c(=O)[nH]2)CCCC4)c(C)n1-c1ccc2ccccc2c1. The third-order valence-electron chi connectivity index (χ3n) is 6.50. The van der Waals surface area contributed by atoms with Crippen molar-refractivity contribution in [1.82, 2.24) is 14.5 Å². The molecule has 0 saturated carbocycles. The molecule has 0 amide bonds. The molecule has 0 atom stereocenters. The Morgan fingerprint density at radius 1 is 1.00 bits per heavy atom. The quantitative estimate of drug-likeness (QED) is 0.372. The molecule has 4 nitrogen and oxygen atoms in total. The van der Waals surface area contributed by atoms with Crippen molar-refractivity contribution in [3.8, 4) is 17.1 Å². The van der Waals surface area contributed by atoms with Crippen LogP contribution in [0.15, 0.2) is 53.3 Å². The maximum atomic E-state index is 13.0. The van der Waals surface area contributed by atoms with Crippen LogP contribution in [-0.4, -0.2) is 14.5 Å². The average Bonchev–Trinajstić information content (AvgIpc) is 3.30. The third kappa shape index (κ3) is 2.87. The molecule has 0 spiro atoms. The second-order valence-electron chi connectivity index (χ2n) is 8.46. The molecule has 3 aromatic heterocycles. The summed E-state index contributed by atoms with van der Waals surface area (Å²) in [5.74, 6) is 0.663. The fourth-order valence-corrected chi connectivity index (χ4v) is 6.27. The summed E-state index contributed by atoms with van der Waals surface area (Å²) in [5, 5.41) is 3.25. The van der Waals surface area contributed by atoms with Crippen molar-refractivity contribution >= 4 is 32.3 Å². The van der Waals surface area contributed by atoms with Crippen molar-refractivity contribution in [2.75, 3.05) is 0 Å². The monoisotopic (exact) mass is 425 g/mol. The maximum absolute atomic E-state index is 13.0. The van der Waals surface area contributed by atoms with E-state index >= 15 is 0 Å². The molecule has 5 heteroatoms. The molecular weight excluding hydrogens is 402 g/mol. The lowest BCUT2D eigenvalue weighted by Crippen LogP contribution is -2.11. The van der Waals surface area contributed by atoms with Gasteiger partial charge in [-0.2, -0.15) is 0 Å². The van der Waals surface area contributed by atoms with Crippen molar-refractivity contribution in [2.24, 2.45) is 0 Å². The summed E-state index contributed by atoms with van der Waals surface area (Å²) < 4.78 is 2.24. The molecule has 2 aromatic carbocycles. The van der Waals surface area contributed by atoms with Gasteiger partial charge in [0.15, 0.2) is 0 Å². The number of hydrogen-bond acceptors (Lipinski definition) is 3. The van der Waals surface area contributed by atoms with Crippen molar-refractivity contribution in [2.45, 2.75) is 39.5 Å². The first kappa shape index (κ1) is 18.6. The highest BCUT2D eigenvalue weighted by molar-refractivity contribution is 7.18. The van der Waals surface area contributed by atoms with Crippen LogP contribution in [0, 0.1) is 13.8 Å². The molecule has 0 aliphatic heterocycles. The fourth-order valence-electron chi connectivity index (χ4n) is 5.01. The van der Waals surface area contributed by atoms with Gasteiger partial charge in [-0.05, 0) is 74.1 Å². The first-order valence-electron chi connectivity index (χ1n) is 10.8. The van der Waals surface area contributed by atoms with Crippen LogP contribution in [0.25, 0.3) is 38.1 Å². The summed E-state index contributed by atoms with van der Waals surface area (Å²) in [5.41, 5.74) is 5.53. The van der Waals surface area contributed by atoms with E-state index in [2.05, 4.69) is 71.9 Å². The van der Waals surface area contributed by atoms with E-state index in [4.69, 9.17) is 4.98 Å². The minimum absolute atomic E-state index is 0.00471. The van der Waals surface area contributed by atoms with Crippen LogP contribution in [0.1, 0.15) is 34.7 Å². The topological polar surface area (TPSA) is 50.7 Å². The van der Waals surface area contributed by atoms with Gasteiger partial charge in [-0.15, -0.1) is 11.3 Å². The molecule has 31 heavy (non-hydrogen) atoms. The number of H-pyrrole nitrogens is 1. The molecule has 3 heterocycles. The zero-order valence-electron chi connectivity index (χ0n) is 17.7. The number of aryl methyl sites for hydroxylation is 3. The van der Waals surface area contributed by atoms with Crippen LogP contribution in [0.4, 0.5) is 0 Å². The van der Waals surface area contributed by atoms with Gasteiger partial charge >= 0.3 is 0 Å². The Bertz CT molecular complexity index is 1540. The van der Waals surface area contributed by atoms with E-state index in [9.17, 15) is 4.79 Å². The van der Waals surface area contributed by atoms with Crippen LogP contribution in [-0.2, 0) is 12.8 Å². The van der Waals surface area contributed by atoms with Gasteiger partial charge in [-0.3, -0.25) is 4.79 Å². The van der Waals surface area contributed by atoms with Gasteiger partial charge in [0.25, 0.3) is 5.56 Å². The molecule has 1 aliphatic rings. The van der Waals surface area contributed by atoms with Gasteiger partial charge in [0.1, 0.15) is 10.7 Å². The summed E-state index contributed by atoms with van der Waals surface area (Å²) >= 11 is 1.70. The van der Waals surface area contributed by atoms with E-state index in [1.54, 1.807) is 11.3 Å². The fraction of sp³-hybridized carbons (Fsp3) is 0.231. The molecule has 1 aliphatic carbocycles. The molecule has 1 N–H and O–H groups in total. The number of aromatic nitrogens is 3. The predicted molar refractivity (Wildman–Crippen MR) is 129 cm³/mol. The molecule has 0 saturated heterocycles. The van der Waals surface area contributed by atoms with E-state index in [0.29, 0.717) is 5.82 Å². The Hall–Kier alpha value is -3.18. The molecular formula is C26H23N3OS. The zero-order chi connectivity index (χ0) is 21.1. The minimum atomic E-state index is -0.00471. The molecule has 0 radical (unpaired) electrons. The molecule has 6 rings (SSSR count). The van der Waals surface area contributed by atoms with E-state index in [-0.39, 0.29) is 5.56 Å². The van der Waals surface area contributed by atoms with Crippen LogP contribution in [0.2, 0.25) is 0 Å². The van der Waals surface area contributed by atoms with Gasteiger partial charge in [0.05, 0.1) is 5.39 Å². The van der Waals surface area contributed by atoms with Crippen LogP contribution >= 0.6 is 11.3 Å². The van der Waals surface area contributed by atoms with E-state index in [1.165, 1.54) is 27.6 Å². The summed E-state index contributed by atoms with van der Waals surface area (Å²) in [6, 6.07) is 17.0. The Morgan fingerprint density at radius 3 is 2.68 bits per heavy atom. The normalized spacial score (nSPS) is 13.7. The number of rotatable bonds is 2. The lowest BCUT2D eigenvalue weighted by molar-refractivity contribution is 0.700. The summed E-state index contributed by atoms with van der Waals surface area (Å²) in [4.78, 5) is 23.3. The maximum Gasteiger partial charge on any atom is 0.260 e. The van der Waals surface area contributed by atoms with Gasteiger partial charge in [0, 0.05) is 27.5 Å². The highest BCUT2D eigenvalue weighted by Gasteiger charge is 2.21. The predicted octanol–water partition coefficient (Wildman–Crippen LogP) is 6.09. The molecule has 5 aromatic rings. The standard InChI is InChI=1S/C26H23N3OS/c1-15-13-21(16(2)29(15)19-12-11-17-7-3-4-8-18(17)14-19)24-27-25(30)23-20-9-5-6-10-22(20)31-26(23)28-24/h3-4,7-8,11-14H,5-6,9-10H2,1-2H3,(H,27,28,30). The number of hydrogen-bond donors (Lipinski definition) is 1. The first-order valence-corrected chi connectivity index (χ1v) is 11.6. The first-order chi connectivity index (χ1) is 15.1. The number of aromatic amines is 1. The Balaban J connectivity index is 1.51. The highest BCUT2D eigenvalue weighted by atomic mass is 32.1. The number of fused-ring (bicyclic) bond motifs is 4. The minimum Gasteiger partial charge on any atom is -0.318 e. The van der Waals surface area contributed by atoms with Crippen LogP contribution < -0.4 is 5.56 Å². The average molecular weight is 426 g/mol. The van der Waals surface area contributed by atoms with E-state index < -0.39 is 0 Å². The highest BCUT2D eigenvalue weighted by Crippen LogP contribution is 2.35. The van der Waals surface area contributed by atoms with Gasteiger partial charge < -0.3 is 9.55 Å². The van der Waals surface area contributed by atoms with Crippen LogP contribution in [0.5, 0.6) is 0 Å². The van der Waals surface area contributed by atoms with Crippen molar-refractivity contribution in [3.63, 3.8) is 0 Å². The lowest BCUT2D eigenvalue weighted by atomic mass is 9.97. The number of thiophene rings is 1. The smallest absolute Gasteiger partial charge is 0.260 e. The molecule has 0 unspecified atom stereocenters. The Labute approximate surface area is 184 Å². The van der Waals surface area contributed by atoms with Crippen LogP contribution in [0.3, 0.4) is 0 Å². The zero-order valence-corrected chi connectivity index (χ0v) is 18.5. The second kappa shape index (κ2) is 6.92. The van der Waals surface area contributed by atoms with Crippen molar-refractivity contribution in [1.29, 1.82) is 0 Å². The number of nitrogens with zero attached hydrogens (tertiary/aromatic N) is 2. The largest absolute Gasteiger partial charge is 0.318 e. The van der Waals surface area contributed by atoms with Crippen molar-refractivity contribution in [3.05, 3.63) is 80.7 Å². The Kier molecular flexibility index (Phi) is 4.15. The molecule has 0 fully saturated rings. The third-order valence-corrected chi connectivity index (χ3v) is 7.69. The number of nitrogens with one attached hydrogen (secondary N) is 1. The number of benzene rings is 2. The molecule has 0 bridgehead atoms. The van der Waals surface area contributed by atoms with Gasteiger partial charge in [-0.25, -0.2) is 4.98 Å². The van der Waals surface area contributed by atoms with Gasteiger partial charge in [-0.1, -0.05) is 30.3 Å². The summed E-state index contributed by atoms with van der Waals surface area (Å²) in [6.45, 7) is 4.20. The summed E-state index contributed by atoms with van der Waals surface area (Å²) in [6.07, 6.45) is 4.43.